The highest BCUT2D eigenvalue weighted by atomic mass is 35.5. The fraction of sp³-hybridized carbons (Fsp3) is 0.895. The molecular weight excluding hydrogens is 338 g/mol. The van der Waals surface area contributed by atoms with Crippen molar-refractivity contribution in [1.82, 2.24) is 10.6 Å². The third kappa shape index (κ3) is 5.85. The number of rotatable bonds is 7. The molecule has 2 fully saturated rings. The number of halogens is 1. The highest BCUT2D eigenvalue weighted by Crippen LogP contribution is 2.28. The molecule has 2 aliphatic carbocycles. The first-order valence-corrected chi connectivity index (χ1v) is 9.86. The van der Waals surface area contributed by atoms with E-state index in [-0.39, 0.29) is 47.6 Å². The average molecular weight is 374 g/mol. The van der Waals surface area contributed by atoms with Gasteiger partial charge in [-0.15, -0.1) is 12.4 Å². The summed E-state index contributed by atoms with van der Waals surface area (Å²) in [6.45, 7) is 4.64. The van der Waals surface area contributed by atoms with E-state index in [1.165, 1.54) is 12.8 Å². The van der Waals surface area contributed by atoms with Crippen molar-refractivity contribution in [1.29, 1.82) is 0 Å². The van der Waals surface area contributed by atoms with Crippen molar-refractivity contribution in [2.45, 2.75) is 89.6 Å². The van der Waals surface area contributed by atoms with Gasteiger partial charge in [-0.1, -0.05) is 26.7 Å². The van der Waals surface area contributed by atoms with Crippen LogP contribution in [-0.2, 0) is 9.59 Å². The maximum Gasteiger partial charge on any atom is 0.223 e. The first-order chi connectivity index (χ1) is 11.5. The Labute approximate surface area is 158 Å². The minimum Gasteiger partial charge on any atom is -0.353 e. The van der Waals surface area contributed by atoms with Gasteiger partial charge in [-0.05, 0) is 51.4 Å². The standard InChI is InChI=1S/C19H35N3O2.ClH/c1-3-19(4-2,13-20)22-18(24)15-9-11-16(12-10-15)21-17(23)14-7-5-6-8-14;/h14-16H,3-13,20H2,1-2H3,(H,21,23)(H,22,24);1H. The van der Waals surface area contributed by atoms with Crippen LogP contribution in [0.3, 0.4) is 0 Å². The number of nitrogens with two attached hydrogens (primary N) is 1. The zero-order chi connectivity index (χ0) is 17.6. The molecule has 0 spiro atoms. The predicted octanol–water partition coefficient (Wildman–Crippen LogP) is 2.91. The summed E-state index contributed by atoms with van der Waals surface area (Å²) in [5.41, 5.74) is 5.62. The van der Waals surface area contributed by atoms with E-state index >= 15 is 0 Å². The SMILES string of the molecule is CCC(CC)(CN)NC(=O)C1CCC(NC(=O)C2CCCC2)CC1.Cl. The molecule has 2 aliphatic rings. The van der Waals surface area contributed by atoms with Gasteiger partial charge in [-0.25, -0.2) is 0 Å². The lowest BCUT2D eigenvalue weighted by Crippen LogP contribution is -2.55. The van der Waals surface area contributed by atoms with Crippen LogP contribution >= 0.6 is 12.4 Å². The van der Waals surface area contributed by atoms with Crippen LogP contribution < -0.4 is 16.4 Å². The summed E-state index contributed by atoms with van der Waals surface area (Å²) >= 11 is 0. The monoisotopic (exact) mass is 373 g/mol. The molecule has 0 heterocycles. The smallest absolute Gasteiger partial charge is 0.223 e. The summed E-state index contributed by atoms with van der Waals surface area (Å²) in [4.78, 5) is 24.8. The lowest BCUT2D eigenvalue weighted by molar-refractivity contribution is -0.128. The minimum atomic E-state index is -0.259. The van der Waals surface area contributed by atoms with E-state index < -0.39 is 0 Å². The molecule has 0 saturated heterocycles. The van der Waals surface area contributed by atoms with Crippen LogP contribution in [0.5, 0.6) is 0 Å². The second kappa shape index (κ2) is 10.4. The fourth-order valence-electron chi connectivity index (χ4n) is 4.14. The molecule has 25 heavy (non-hydrogen) atoms. The van der Waals surface area contributed by atoms with E-state index in [9.17, 15) is 9.59 Å². The van der Waals surface area contributed by atoms with E-state index in [1.807, 2.05) is 0 Å². The Morgan fingerprint density at radius 3 is 1.92 bits per heavy atom. The zero-order valence-corrected chi connectivity index (χ0v) is 16.6. The van der Waals surface area contributed by atoms with Crippen molar-refractivity contribution >= 4 is 24.2 Å². The number of hydrogen-bond donors (Lipinski definition) is 3. The topological polar surface area (TPSA) is 84.2 Å². The summed E-state index contributed by atoms with van der Waals surface area (Å²) in [6, 6.07) is 0.249. The van der Waals surface area contributed by atoms with Crippen molar-refractivity contribution in [3.05, 3.63) is 0 Å². The summed E-state index contributed by atoms with van der Waals surface area (Å²) in [5, 5.41) is 6.41. The van der Waals surface area contributed by atoms with Crippen LogP contribution in [0.25, 0.3) is 0 Å². The van der Waals surface area contributed by atoms with Gasteiger partial charge in [0.15, 0.2) is 0 Å². The van der Waals surface area contributed by atoms with Gasteiger partial charge in [0.1, 0.15) is 0 Å². The summed E-state index contributed by atoms with van der Waals surface area (Å²) in [5.74, 6) is 0.670. The van der Waals surface area contributed by atoms with Crippen LogP contribution in [0, 0.1) is 11.8 Å². The van der Waals surface area contributed by atoms with Gasteiger partial charge in [0.05, 0.1) is 5.54 Å². The van der Waals surface area contributed by atoms with Gasteiger partial charge in [-0.2, -0.15) is 0 Å². The van der Waals surface area contributed by atoms with Crippen LogP contribution in [0.2, 0.25) is 0 Å². The Kier molecular flexibility index (Phi) is 9.22. The van der Waals surface area contributed by atoms with Gasteiger partial charge in [-0.3, -0.25) is 9.59 Å². The minimum absolute atomic E-state index is 0. The summed E-state index contributed by atoms with van der Waals surface area (Å²) in [6.07, 6.45) is 9.69. The Hall–Kier alpha value is -0.810. The maximum atomic E-state index is 12.6. The van der Waals surface area contributed by atoms with Crippen LogP contribution in [-0.4, -0.2) is 29.9 Å². The number of carbonyl (C=O) groups is 2. The summed E-state index contributed by atoms with van der Waals surface area (Å²) in [7, 11) is 0. The molecule has 2 saturated carbocycles. The molecule has 0 aromatic carbocycles. The molecule has 0 aliphatic heterocycles. The lowest BCUT2D eigenvalue weighted by Gasteiger charge is -2.35. The number of carbonyl (C=O) groups excluding carboxylic acids is 2. The Morgan fingerprint density at radius 1 is 0.920 bits per heavy atom. The molecule has 0 aromatic heterocycles. The first kappa shape index (κ1) is 22.2. The van der Waals surface area contributed by atoms with Gasteiger partial charge < -0.3 is 16.4 Å². The second-order valence-electron chi connectivity index (χ2n) is 7.72. The normalized spacial score (nSPS) is 24.4. The Balaban J connectivity index is 0.00000312. The quantitative estimate of drug-likeness (QED) is 0.641. The van der Waals surface area contributed by atoms with E-state index in [2.05, 4.69) is 24.5 Å². The summed E-state index contributed by atoms with van der Waals surface area (Å²) < 4.78 is 0. The highest BCUT2D eigenvalue weighted by Gasteiger charge is 2.33. The highest BCUT2D eigenvalue weighted by molar-refractivity contribution is 5.85. The largest absolute Gasteiger partial charge is 0.353 e. The zero-order valence-electron chi connectivity index (χ0n) is 15.8. The Bertz CT molecular complexity index is 418. The van der Waals surface area contributed by atoms with Crippen molar-refractivity contribution in [2.24, 2.45) is 17.6 Å². The molecule has 146 valence electrons. The third-order valence-electron chi connectivity index (χ3n) is 6.30. The van der Waals surface area contributed by atoms with Crippen LogP contribution in [0.4, 0.5) is 0 Å². The van der Waals surface area contributed by atoms with Crippen LogP contribution in [0.15, 0.2) is 0 Å². The molecule has 0 unspecified atom stereocenters. The van der Waals surface area contributed by atoms with E-state index in [4.69, 9.17) is 5.73 Å². The van der Waals surface area contributed by atoms with E-state index in [0.29, 0.717) is 6.54 Å². The molecule has 0 radical (unpaired) electrons. The lowest BCUT2D eigenvalue weighted by atomic mass is 9.83. The molecule has 0 aromatic rings. The number of nitrogens with one attached hydrogen (secondary N) is 2. The molecule has 2 amide bonds. The number of amides is 2. The van der Waals surface area contributed by atoms with Gasteiger partial charge in [0.25, 0.3) is 0 Å². The van der Waals surface area contributed by atoms with E-state index in [1.54, 1.807) is 0 Å². The van der Waals surface area contributed by atoms with E-state index in [0.717, 1.165) is 51.4 Å². The molecule has 2 rings (SSSR count). The van der Waals surface area contributed by atoms with Gasteiger partial charge in [0.2, 0.25) is 11.8 Å². The molecule has 6 heteroatoms. The fourth-order valence-corrected chi connectivity index (χ4v) is 4.14. The molecular formula is C19H36ClN3O2. The molecule has 0 bridgehead atoms. The van der Waals surface area contributed by atoms with Crippen molar-refractivity contribution in [3.63, 3.8) is 0 Å². The molecule has 4 N–H and O–H groups in total. The first-order valence-electron chi connectivity index (χ1n) is 9.86. The van der Waals surface area contributed by atoms with Crippen molar-refractivity contribution in [3.8, 4) is 0 Å². The third-order valence-corrected chi connectivity index (χ3v) is 6.30. The average Bonchev–Trinajstić information content (AvgIpc) is 3.15. The van der Waals surface area contributed by atoms with Crippen molar-refractivity contribution in [2.75, 3.05) is 6.54 Å². The number of hydrogen-bond acceptors (Lipinski definition) is 3. The second-order valence-corrected chi connectivity index (χ2v) is 7.72. The van der Waals surface area contributed by atoms with Gasteiger partial charge in [0, 0.05) is 24.4 Å². The Morgan fingerprint density at radius 2 is 1.44 bits per heavy atom. The molecule has 0 atom stereocenters. The van der Waals surface area contributed by atoms with Crippen LogP contribution in [0.1, 0.15) is 78.1 Å². The predicted molar refractivity (Wildman–Crippen MR) is 104 cm³/mol. The van der Waals surface area contributed by atoms with Gasteiger partial charge >= 0.3 is 0 Å². The maximum absolute atomic E-state index is 12.6. The van der Waals surface area contributed by atoms with Crippen molar-refractivity contribution < 1.29 is 9.59 Å². The molecule has 5 nitrogen and oxygen atoms in total.